The van der Waals surface area contributed by atoms with Crippen molar-refractivity contribution in [2.24, 2.45) is 0 Å². The van der Waals surface area contributed by atoms with Gasteiger partial charge in [-0.05, 0) is 42.8 Å². The summed E-state index contributed by atoms with van der Waals surface area (Å²) < 4.78 is 13.1. The van der Waals surface area contributed by atoms with Crippen molar-refractivity contribution in [3.8, 4) is 0 Å². The van der Waals surface area contributed by atoms with E-state index < -0.39 is 0 Å². The molecule has 5 nitrogen and oxygen atoms in total. The number of hydrogen-bond acceptors (Lipinski definition) is 2. The Balaban J connectivity index is 1.60. The molecule has 1 heterocycles. The van der Waals surface area contributed by atoms with Crippen molar-refractivity contribution in [1.82, 2.24) is 10.3 Å². The third-order valence-electron chi connectivity index (χ3n) is 4.85. The van der Waals surface area contributed by atoms with Gasteiger partial charge in [-0.1, -0.05) is 48.0 Å². The van der Waals surface area contributed by atoms with Gasteiger partial charge in [-0.25, -0.2) is 4.39 Å². The molecule has 0 radical (unpaired) electrons. The van der Waals surface area contributed by atoms with Gasteiger partial charge in [0.2, 0.25) is 0 Å². The maximum atomic E-state index is 13.1. The molecular weight excluding hydrogens is 381 g/mol. The molecule has 3 aromatic carbocycles. The normalized spacial score (nSPS) is 10.7. The Kier molecular flexibility index (Phi) is 5.30. The fourth-order valence-corrected chi connectivity index (χ4v) is 3.21. The lowest BCUT2D eigenvalue weighted by atomic mass is 10.1. The lowest BCUT2D eigenvalue weighted by molar-refractivity contribution is 0.0947. The van der Waals surface area contributed by atoms with Crippen LogP contribution < -0.4 is 10.6 Å². The first-order chi connectivity index (χ1) is 14.5. The Labute approximate surface area is 172 Å². The summed E-state index contributed by atoms with van der Waals surface area (Å²) in [5.41, 5.74) is 3.75. The Morgan fingerprint density at radius 1 is 0.900 bits per heavy atom. The van der Waals surface area contributed by atoms with Crippen molar-refractivity contribution in [2.45, 2.75) is 13.5 Å². The van der Waals surface area contributed by atoms with Crippen molar-refractivity contribution in [3.63, 3.8) is 0 Å². The van der Waals surface area contributed by atoms with Crippen molar-refractivity contribution >= 4 is 28.4 Å². The molecule has 30 heavy (non-hydrogen) atoms. The summed E-state index contributed by atoms with van der Waals surface area (Å²) in [7, 11) is 0. The van der Waals surface area contributed by atoms with Crippen LogP contribution in [0.15, 0.2) is 72.8 Å². The van der Waals surface area contributed by atoms with Gasteiger partial charge >= 0.3 is 0 Å². The van der Waals surface area contributed by atoms with Crippen molar-refractivity contribution in [2.75, 3.05) is 5.32 Å². The molecule has 4 rings (SSSR count). The predicted octanol–water partition coefficient (Wildman–Crippen LogP) is 4.80. The molecule has 0 bridgehead atoms. The number of carbonyl (C=O) groups is 2. The number of amides is 2. The highest BCUT2D eigenvalue weighted by atomic mass is 19.1. The van der Waals surface area contributed by atoms with E-state index in [0.29, 0.717) is 11.3 Å². The summed E-state index contributed by atoms with van der Waals surface area (Å²) in [6.07, 6.45) is 0. The van der Waals surface area contributed by atoms with Crippen molar-refractivity contribution in [1.29, 1.82) is 0 Å². The Morgan fingerprint density at radius 2 is 1.60 bits per heavy atom. The molecule has 6 heteroatoms. The number of aromatic amines is 1. The summed E-state index contributed by atoms with van der Waals surface area (Å²) >= 11 is 0. The van der Waals surface area contributed by atoms with E-state index in [1.807, 2.05) is 43.3 Å². The maximum absolute atomic E-state index is 13.1. The molecule has 3 N–H and O–H groups in total. The highest BCUT2D eigenvalue weighted by Gasteiger charge is 2.20. The summed E-state index contributed by atoms with van der Waals surface area (Å²) in [5.74, 6) is -0.996. The van der Waals surface area contributed by atoms with E-state index in [4.69, 9.17) is 0 Å². The second-order valence-electron chi connectivity index (χ2n) is 7.05. The van der Waals surface area contributed by atoms with Crippen LogP contribution in [0.5, 0.6) is 0 Å². The Morgan fingerprint density at radius 3 is 2.33 bits per heavy atom. The van der Waals surface area contributed by atoms with Gasteiger partial charge in [-0.2, -0.15) is 0 Å². The van der Waals surface area contributed by atoms with Crippen LogP contribution in [0.2, 0.25) is 0 Å². The summed E-state index contributed by atoms with van der Waals surface area (Å²) in [6, 6.07) is 20.5. The molecule has 2 amide bonds. The zero-order valence-corrected chi connectivity index (χ0v) is 16.3. The summed E-state index contributed by atoms with van der Waals surface area (Å²) in [4.78, 5) is 28.7. The number of benzene rings is 3. The average molecular weight is 401 g/mol. The zero-order chi connectivity index (χ0) is 21.1. The molecule has 0 saturated heterocycles. The lowest BCUT2D eigenvalue weighted by Crippen LogP contribution is -2.25. The quantitative estimate of drug-likeness (QED) is 0.449. The maximum Gasteiger partial charge on any atom is 0.270 e. The molecule has 0 atom stereocenters. The van der Waals surface area contributed by atoms with E-state index in [9.17, 15) is 14.0 Å². The average Bonchev–Trinajstić information content (AvgIpc) is 3.12. The smallest absolute Gasteiger partial charge is 0.270 e. The van der Waals surface area contributed by atoms with Gasteiger partial charge in [-0.15, -0.1) is 0 Å². The van der Waals surface area contributed by atoms with E-state index in [2.05, 4.69) is 15.6 Å². The molecule has 0 fully saturated rings. The molecule has 0 aliphatic heterocycles. The molecule has 150 valence electrons. The van der Waals surface area contributed by atoms with Crippen LogP contribution in [0.4, 0.5) is 10.1 Å². The predicted molar refractivity (Wildman–Crippen MR) is 115 cm³/mol. The lowest BCUT2D eigenvalue weighted by Gasteiger charge is -2.09. The highest BCUT2D eigenvalue weighted by Crippen LogP contribution is 2.28. The van der Waals surface area contributed by atoms with Gasteiger partial charge in [0, 0.05) is 23.0 Å². The van der Waals surface area contributed by atoms with Crippen LogP contribution >= 0.6 is 0 Å². The SMILES string of the molecule is Cc1ccc(C(=O)Nc2c(C(=O)NCc3ccc(F)cc3)[nH]c3ccccc23)cc1. The number of fused-ring (bicyclic) bond motifs is 1. The molecule has 0 aliphatic rings. The molecule has 0 aliphatic carbocycles. The minimum Gasteiger partial charge on any atom is -0.349 e. The Bertz CT molecular complexity index is 1210. The fraction of sp³-hybridized carbons (Fsp3) is 0.0833. The first-order valence-electron chi connectivity index (χ1n) is 9.52. The Hall–Kier alpha value is -3.93. The highest BCUT2D eigenvalue weighted by molar-refractivity contribution is 6.15. The van der Waals surface area contributed by atoms with Gasteiger partial charge in [-0.3, -0.25) is 9.59 Å². The largest absolute Gasteiger partial charge is 0.349 e. The van der Waals surface area contributed by atoms with Gasteiger partial charge in [0.1, 0.15) is 11.5 Å². The molecule has 4 aromatic rings. The van der Waals surface area contributed by atoms with Crippen LogP contribution in [0, 0.1) is 12.7 Å². The number of H-pyrrole nitrogens is 1. The van der Waals surface area contributed by atoms with Gasteiger partial charge in [0.15, 0.2) is 0 Å². The zero-order valence-electron chi connectivity index (χ0n) is 16.3. The van der Waals surface area contributed by atoms with Gasteiger partial charge in [0.05, 0.1) is 5.69 Å². The van der Waals surface area contributed by atoms with Crippen LogP contribution in [0.3, 0.4) is 0 Å². The standard InChI is InChI=1S/C24H20FN3O2/c1-15-6-10-17(11-7-15)23(29)28-21-19-4-2-3-5-20(19)27-22(21)24(30)26-14-16-8-12-18(25)13-9-16/h2-13,27H,14H2,1H3,(H,26,30)(H,28,29). The third-order valence-corrected chi connectivity index (χ3v) is 4.85. The fourth-order valence-electron chi connectivity index (χ4n) is 3.21. The first kappa shape index (κ1) is 19.4. The topological polar surface area (TPSA) is 74.0 Å². The summed E-state index contributed by atoms with van der Waals surface area (Å²) in [6.45, 7) is 2.19. The minimum absolute atomic E-state index is 0.236. The van der Waals surface area contributed by atoms with E-state index in [-0.39, 0.29) is 29.9 Å². The number of carbonyl (C=O) groups excluding carboxylic acids is 2. The van der Waals surface area contributed by atoms with E-state index >= 15 is 0 Å². The number of aryl methyl sites for hydroxylation is 1. The number of nitrogens with one attached hydrogen (secondary N) is 3. The second kappa shape index (κ2) is 8.21. The second-order valence-corrected chi connectivity index (χ2v) is 7.05. The van der Waals surface area contributed by atoms with E-state index in [1.54, 1.807) is 24.3 Å². The monoisotopic (exact) mass is 401 g/mol. The number of rotatable bonds is 5. The first-order valence-corrected chi connectivity index (χ1v) is 9.52. The number of para-hydroxylation sites is 1. The number of hydrogen-bond donors (Lipinski definition) is 3. The molecule has 0 saturated carbocycles. The van der Waals surface area contributed by atoms with Crippen molar-refractivity contribution in [3.05, 3.63) is 101 Å². The molecule has 0 unspecified atom stereocenters. The number of halogens is 1. The molecular formula is C24H20FN3O2. The van der Waals surface area contributed by atoms with E-state index in [0.717, 1.165) is 22.0 Å². The van der Waals surface area contributed by atoms with Gasteiger partial charge in [0.25, 0.3) is 11.8 Å². The van der Waals surface area contributed by atoms with Gasteiger partial charge < -0.3 is 15.6 Å². The van der Waals surface area contributed by atoms with Crippen LogP contribution in [0.25, 0.3) is 10.9 Å². The molecule has 0 spiro atoms. The van der Waals surface area contributed by atoms with E-state index in [1.165, 1.54) is 12.1 Å². The third kappa shape index (κ3) is 4.07. The number of anilines is 1. The number of aromatic nitrogens is 1. The van der Waals surface area contributed by atoms with Crippen LogP contribution in [-0.4, -0.2) is 16.8 Å². The molecule has 1 aromatic heterocycles. The van der Waals surface area contributed by atoms with Crippen LogP contribution in [-0.2, 0) is 6.54 Å². The minimum atomic E-state index is -0.366. The van der Waals surface area contributed by atoms with Crippen molar-refractivity contribution < 1.29 is 14.0 Å². The summed E-state index contributed by atoms with van der Waals surface area (Å²) in [5, 5.41) is 6.43. The van der Waals surface area contributed by atoms with Crippen LogP contribution in [0.1, 0.15) is 32.0 Å².